The predicted molar refractivity (Wildman–Crippen MR) is 83.7 cm³/mol. The van der Waals surface area contributed by atoms with Crippen molar-refractivity contribution in [2.75, 3.05) is 5.32 Å². The van der Waals surface area contributed by atoms with E-state index in [4.69, 9.17) is 12.2 Å². The molecule has 2 aromatic rings. The number of aromatic nitrogens is 2. The van der Waals surface area contributed by atoms with Gasteiger partial charge in [-0.3, -0.25) is 0 Å². The van der Waals surface area contributed by atoms with E-state index < -0.39 is 0 Å². The monoisotopic (exact) mass is 273 g/mol. The van der Waals surface area contributed by atoms with Crippen LogP contribution in [0.4, 0.5) is 5.69 Å². The summed E-state index contributed by atoms with van der Waals surface area (Å²) in [6.45, 7) is 6.43. The van der Waals surface area contributed by atoms with E-state index >= 15 is 0 Å². The van der Waals surface area contributed by atoms with Crippen LogP contribution < -0.4 is 5.32 Å². The van der Waals surface area contributed by atoms with Crippen LogP contribution in [-0.4, -0.2) is 14.9 Å². The highest BCUT2D eigenvalue weighted by Crippen LogP contribution is 2.20. The van der Waals surface area contributed by atoms with E-state index in [9.17, 15) is 0 Å². The van der Waals surface area contributed by atoms with Gasteiger partial charge in [-0.1, -0.05) is 26.0 Å². The van der Waals surface area contributed by atoms with Gasteiger partial charge in [-0.2, -0.15) is 5.10 Å². The number of nitrogens with zero attached hydrogens (tertiary/aromatic N) is 2. The summed E-state index contributed by atoms with van der Waals surface area (Å²) in [7, 11) is 0. The van der Waals surface area contributed by atoms with Crippen LogP contribution in [0.15, 0.2) is 36.7 Å². The first-order valence-corrected chi connectivity index (χ1v) is 6.93. The Bertz CT molecular complexity index is 557. The minimum Gasteiger partial charge on any atom is -0.331 e. The Labute approximate surface area is 119 Å². The second-order valence-electron chi connectivity index (χ2n) is 4.82. The van der Waals surface area contributed by atoms with E-state index in [0.29, 0.717) is 11.0 Å². The highest BCUT2D eigenvalue weighted by atomic mass is 32.1. The first-order chi connectivity index (χ1) is 9.10. The van der Waals surface area contributed by atoms with Crippen LogP contribution in [0.5, 0.6) is 0 Å². The molecule has 0 aliphatic heterocycles. The summed E-state index contributed by atoms with van der Waals surface area (Å²) in [6, 6.07) is 8.41. The molecule has 1 aromatic carbocycles. The number of hydrogen-bond acceptors (Lipinski definition) is 2. The van der Waals surface area contributed by atoms with Crippen LogP contribution in [0.3, 0.4) is 0 Å². The van der Waals surface area contributed by atoms with Crippen LogP contribution in [0.25, 0.3) is 0 Å². The highest BCUT2D eigenvalue weighted by molar-refractivity contribution is 7.80. The topological polar surface area (TPSA) is 29.9 Å². The van der Waals surface area contributed by atoms with Gasteiger partial charge < -0.3 is 5.32 Å². The quantitative estimate of drug-likeness (QED) is 0.859. The van der Waals surface area contributed by atoms with Gasteiger partial charge in [0.15, 0.2) is 5.11 Å². The number of aryl methyl sites for hydroxylation is 1. The number of rotatable bonds is 3. The molecule has 4 heteroatoms. The van der Waals surface area contributed by atoms with Gasteiger partial charge in [0, 0.05) is 11.9 Å². The van der Waals surface area contributed by atoms with E-state index in [1.165, 1.54) is 5.56 Å². The Kier molecular flexibility index (Phi) is 4.32. The molecule has 19 heavy (non-hydrogen) atoms. The average molecular weight is 273 g/mol. The van der Waals surface area contributed by atoms with Crippen molar-refractivity contribution in [2.24, 2.45) is 0 Å². The molecule has 100 valence electrons. The van der Waals surface area contributed by atoms with E-state index in [1.807, 2.05) is 13.1 Å². The molecule has 1 heterocycles. The molecule has 0 radical (unpaired) electrons. The first kappa shape index (κ1) is 13.7. The summed E-state index contributed by atoms with van der Waals surface area (Å²) >= 11 is 5.31. The van der Waals surface area contributed by atoms with Crippen molar-refractivity contribution in [1.82, 2.24) is 9.78 Å². The zero-order valence-corrected chi connectivity index (χ0v) is 12.4. The summed E-state index contributed by atoms with van der Waals surface area (Å²) in [5.41, 5.74) is 3.44. The molecule has 0 amide bonds. The Morgan fingerprint density at radius 2 is 2.05 bits per heavy atom. The number of nitrogens with one attached hydrogen (secondary N) is 1. The van der Waals surface area contributed by atoms with E-state index in [1.54, 1.807) is 10.9 Å². The molecule has 0 aliphatic rings. The van der Waals surface area contributed by atoms with Crippen molar-refractivity contribution >= 4 is 23.0 Å². The van der Waals surface area contributed by atoms with Crippen molar-refractivity contribution in [2.45, 2.75) is 33.1 Å². The number of anilines is 1. The summed E-state index contributed by atoms with van der Waals surface area (Å²) < 4.78 is 1.67. The molecule has 0 saturated heterocycles. The molecule has 0 fully saturated rings. The van der Waals surface area contributed by atoms with Crippen molar-refractivity contribution in [1.29, 1.82) is 0 Å². The van der Waals surface area contributed by atoms with Gasteiger partial charge in [0.2, 0.25) is 0 Å². The van der Waals surface area contributed by atoms with Crippen LogP contribution in [0, 0.1) is 6.92 Å². The fourth-order valence-electron chi connectivity index (χ4n) is 1.84. The molecular formula is C15H19N3S. The van der Waals surface area contributed by atoms with Gasteiger partial charge in [-0.15, -0.1) is 0 Å². The fraction of sp³-hybridized carbons (Fsp3) is 0.333. The van der Waals surface area contributed by atoms with Crippen LogP contribution >= 0.6 is 12.2 Å². The Balaban J connectivity index is 2.05. The summed E-state index contributed by atoms with van der Waals surface area (Å²) in [4.78, 5) is 0. The van der Waals surface area contributed by atoms with Crippen molar-refractivity contribution < 1.29 is 0 Å². The van der Waals surface area contributed by atoms with Gasteiger partial charge in [0.05, 0.1) is 6.20 Å². The predicted octanol–water partition coefficient (Wildman–Crippen LogP) is 3.95. The fourth-order valence-corrected chi connectivity index (χ4v) is 2.05. The number of benzene rings is 1. The molecule has 1 N–H and O–H groups in total. The minimum absolute atomic E-state index is 0.587. The van der Waals surface area contributed by atoms with Crippen molar-refractivity contribution in [3.05, 3.63) is 47.8 Å². The van der Waals surface area contributed by atoms with Crippen LogP contribution in [-0.2, 0) is 0 Å². The lowest BCUT2D eigenvalue weighted by molar-refractivity contribution is 0.734. The van der Waals surface area contributed by atoms with Gasteiger partial charge in [0.25, 0.3) is 0 Å². The van der Waals surface area contributed by atoms with E-state index in [2.05, 4.69) is 48.5 Å². The van der Waals surface area contributed by atoms with Crippen LogP contribution in [0.2, 0.25) is 0 Å². The first-order valence-electron chi connectivity index (χ1n) is 6.52. The third-order valence-electron chi connectivity index (χ3n) is 3.26. The maximum atomic E-state index is 5.31. The number of hydrogen-bond donors (Lipinski definition) is 1. The zero-order chi connectivity index (χ0) is 13.8. The molecule has 1 aromatic heterocycles. The highest BCUT2D eigenvalue weighted by Gasteiger charge is 2.04. The molecule has 0 spiro atoms. The summed E-state index contributed by atoms with van der Waals surface area (Å²) in [6.07, 6.45) is 4.85. The van der Waals surface area contributed by atoms with Gasteiger partial charge in [0.1, 0.15) is 0 Å². The molecule has 0 aliphatic carbocycles. The Morgan fingerprint density at radius 1 is 1.37 bits per heavy atom. The minimum atomic E-state index is 0.587. The second kappa shape index (κ2) is 5.97. The maximum absolute atomic E-state index is 5.31. The Hall–Kier alpha value is -1.68. The lowest BCUT2D eigenvalue weighted by atomic mass is 9.99. The molecule has 1 atom stereocenters. The smallest absolute Gasteiger partial charge is 0.198 e. The number of thiocarbonyl (C=S) groups is 1. The van der Waals surface area contributed by atoms with E-state index in [0.717, 1.165) is 17.7 Å². The van der Waals surface area contributed by atoms with Gasteiger partial charge in [-0.25, -0.2) is 4.68 Å². The molecular weight excluding hydrogens is 254 g/mol. The maximum Gasteiger partial charge on any atom is 0.198 e. The second-order valence-corrected chi connectivity index (χ2v) is 5.21. The zero-order valence-electron chi connectivity index (χ0n) is 11.6. The molecule has 0 saturated carbocycles. The lowest BCUT2D eigenvalue weighted by Gasteiger charge is -2.11. The van der Waals surface area contributed by atoms with Crippen molar-refractivity contribution in [3.8, 4) is 0 Å². The third kappa shape index (κ3) is 3.41. The van der Waals surface area contributed by atoms with Crippen LogP contribution in [0.1, 0.15) is 37.3 Å². The molecule has 0 bridgehead atoms. The lowest BCUT2D eigenvalue weighted by Crippen LogP contribution is -2.19. The van der Waals surface area contributed by atoms with Gasteiger partial charge >= 0.3 is 0 Å². The molecule has 2 rings (SSSR count). The van der Waals surface area contributed by atoms with E-state index in [-0.39, 0.29) is 0 Å². The normalized spacial score (nSPS) is 12.2. The summed E-state index contributed by atoms with van der Waals surface area (Å²) in [5, 5.41) is 7.96. The molecule has 3 nitrogen and oxygen atoms in total. The van der Waals surface area contributed by atoms with Gasteiger partial charge in [-0.05, 0) is 54.7 Å². The summed E-state index contributed by atoms with van der Waals surface area (Å²) in [5.74, 6) is 0.592. The standard InChI is InChI=1S/C15H19N3S/c1-4-12(3)13-5-7-14(8-6-13)17-15(19)18-10-11(2)9-16-18/h5-10,12H,4H2,1-3H3,(H,17,19). The third-order valence-corrected chi connectivity index (χ3v) is 3.55. The molecule has 1 unspecified atom stereocenters. The largest absolute Gasteiger partial charge is 0.331 e. The SMILES string of the molecule is CCC(C)c1ccc(NC(=S)n2cc(C)cn2)cc1. The average Bonchev–Trinajstić information content (AvgIpc) is 2.85. The Morgan fingerprint density at radius 3 is 2.58 bits per heavy atom. The van der Waals surface area contributed by atoms with Crippen molar-refractivity contribution in [3.63, 3.8) is 0 Å².